The first kappa shape index (κ1) is 18.9. The van der Waals surface area contributed by atoms with Crippen LogP contribution in [0.1, 0.15) is 30.9 Å². The molecule has 0 spiro atoms. The molecule has 0 bridgehead atoms. The van der Waals surface area contributed by atoms with Crippen LogP contribution < -0.4 is 5.73 Å². The Labute approximate surface area is 157 Å². The van der Waals surface area contributed by atoms with Crippen molar-refractivity contribution in [2.75, 3.05) is 19.7 Å². The number of primary amides is 1. The largest absolute Gasteiger partial charge is 0.464 e. The van der Waals surface area contributed by atoms with Gasteiger partial charge in [0.1, 0.15) is 5.58 Å². The number of amides is 2. The van der Waals surface area contributed by atoms with Gasteiger partial charge in [-0.15, -0.1) is 0 Å². The number of rotatable bonds is 6. The van der Waals surface area contributed by atoms with Gasteiger partial charge in [0.05, 0.1) is 12.7 Å². The van der Waals surface area contributed by atoms with Crippen LogP contribution >= 0.6 is 0 Å². The number of piperidine rings is 1. The van der Waals surface area contributed by atoms with Gasteiger partial charge < -0.3 is 19.8 Å². The second kappa shape index (κ2) is 8.24. The molecule has 3 rings (SSSR count). The third-order valence-electron chi connectivity index (χ3n) is 5.07. The maximum atomic E-state index is 12.2. The number of ether oxygens (including phenoxy) is 1. The van der Waals surface area contributed by atoms with E-state index in [9.17, 15) is 14.4 Å². The number of esters is 1. The first-order valence-corrected chi connectivity index (χ1v) is 9.19. The lowest BCUT2D eigenvalue weighted by Crippen LogP contribution is -2.43. The lowest BCUT2D eigenvalue weighted by atomic mass is 9.96. The molecule has 0 aliphatic carbocycles. The van der Waals surface area contributed by atoms with Crippen LogP contribution in [-0.2, 0) is 32.0 Å². The molecule has 1 saturated heterocycles. The number of likely N-dealkylation sites (tertiary alicyclic amines) is 1. The van der Waals surface area contributed by atoms with Gasteiger partial charge in [-0.1, -0.05) is 19.1 Å². The normalized spacial score (nSPS) is 15.1. The van der Waals surface area contributed by atoms with Crippen molar-refractivity contribution < 1.29 is 23.5 Å². The lowest BCUT2D eigenvalue weighted by Gasteiger charge is -2.30. The maximum absolute atomic E-state index is 12.2. The summed E-state index contributed by atoms with van der Waals surface area (Å²) in [7, 11) is 0. The van der Waals surface area contributed by atoms with Crippen LogP contribution in [0, 0.1) is 5.92 Å². The Morgan fingerprint density at radius 1 is 1.26 bits per heavy atom. The predicted octanol–water partition coefficient (Wildman–Crippen LogP) is 1.80. The van der Waals surface area contributed by atoms with Crippen LogP contribution in [0.4, 0.5) is 0 Å². The zero-order valence-corrected chi connectivity index (χ0v) is 15.4. The molecule has 2 amide bonds. The van der Waals surface area contributed by atoms with Gasteiger partial charge in [-0.3, -0.25) is 14.4 Å². The Hall–Kier alpha value is -2.83. The number of nitrogens with zero attached hydrogens (tertiary/aromatic N) is 1. The average molecular weight is 372 g/mol. The number of nitrogens with two attached hydrogens (primary N) is 1. The van der Waals surface area contributed by atoms with Gasteiger partial charge >= 0.3 is 5.97 Å². The van der Waals surface area contributed by atoms with Gasteiger partial charge in [0.25, 0.3) is 5.91 Å². The van der Waals surface area contributed by atoms with E-state index in [2.05, 4.69) is 6.92 Å². The molecule has 1 aliphatic heterocycles. The van der Waals surface area contributed by atoms with Gasteiger partial charge in [-0.25, -0.2) is 0 Å². The minimum absolute atomic E-state index is 0.0511. The number of benzene rings is 1. The first-order chi connectivity index (χ1) is 13.0. The number of hydrogen-bond donors (Lipinski definition) is 1. The standard InChI is InChI=1S/C20H24N2O5/c1-2-13-3-4-16-15(11-26-17(16)9-13)10-19(24)27-12-18(23)22-7-5-14(6-8-22)20(21)25/h3-4,9,11,14H,2,5-8,10,12H2,1H3,(H2,21,25). The van der Waals surface area contributed by atoms with Crippen molar-refractivity contribution in [2.45, 2.75) is 32.6 Å². The highest BCUT2D eigenvalue weighted by molar-refractivity contribution is 5.87. The van der Waals surface area contributed by atoms with Gasteiger partial charge in [0.2, 0.25) is 5.91 Å². The number of carbonyl (C=O) groups excluding carboxylic acids is 3. The molecule has 1 aliphatic rings. The summed E-state index contributed by atoms with van der Waals surface area (Å²) in [6.07, 6.45) is 3.62. The van der Waals surface area contributed by atoms with E-state index in [1.165, 1.54) is 0 Å². The highest BCUT2D eigenvalue weighted by Crippen LogP contribution is 2.23. The fourth-order valence-electron chi connectivity index (χ4n) is 3.34. The van der Waals surface area contributed by atoms with Crippen molar-refractivity contribution >= 4 is 28.8 Å². The number of carbonyl (C=O) groups is 3. The van der Waals surface area contributed by atoms with E-state index in [-0.39, 0.29) is 30.8 Å². The number of furan rings is 1. The summed E-state index contributed by atoms with van der Waals surface area (Å²) in [6.45, 7) is 2.68. The Morgan fingerprint density at radius 2 is 2.00 bits per heavy atom. The third kappa shape index (κ3) is 4.48. The lowest BCUT2D eigenvalue weighted by molar-refractivity contribution is -0.152. The Kier molecular flexibility index (Phi) is 5.78. The number of aryl methyl sites for hydroxylation is 1. The smallest absolute Gasteiger partial charge is 0.310 e. The minimum atomic E-state index is -0.474. The van der Waals surface area contributed by atoms with E-state index in [0.29, 0.717) is 25.9 Å². The van der Waals surface area contributed by atoms with Crippen molar-refractivity contribution in [2.24, 2.45) is 11.7 Å². The molecule has 2 heterocycles. The van der Waals surface area contributed by atoms with Crippen molar-refractivity contribution in [3.05, 3.63) is 35.6 Å². The molecule has 7 nitrogen and oxygen atoms in total. The fourth-order valence-corrected chi connectivity index (χ4v) is 3.34. The van der Waals surface area contributed by atoms with E-state index in [1.54, 1.807) is 11.2 Å². The summed E-state index contributed by atoms with van der Waals surface area (Å²) in [6, 6.07) is 5.91. The predicted molar refractivity (Wildman–Crippen MR) is 98.8 cm³/mol. The SMILES string of the molecule is CCc1ccc2c(CC(=O)OCC(=O)N3CCC(C(N)=O)CC3)coc2c1. The Morgan fingerprint density at radius 3 is 2.67 bits per heavy atom. The highest BCUT2D eigenvalue weighted by Gasteiger charge is 2.26. The number of hydrogen-bond acceptors (Lipinski definition) is 5. The van der Waals surface area contributed by atoms with Crippen LogP contribution in [0.25, 0.3) is 11.0 Å². The van der Waals surface area contributed by atoms with E-state index in [1.807, 2.05) is 18.2 Å². The third-order valence-corrected chi connectivity index (χ3v) is 5.07. The zero-order chi connectivity index (χ0) is 19.4. The second-order valence-corrected chi connectivity index (χ2v) is 6.84. The second-order valence-electron chi connectivity index (χ2n) is 6.84. The van der Waals surface area contributed by atoms with Crippen LogP contribution in [0.2, 0.25) is 0 Å². The topological polar surface area (TPSA) is 103 Å². The van der Waals surface area contributed by atoms with Crippen LogP contribution in [-0.4, -0.2) is 42.4 Å². The molecule has 2 N–H and O–H groups in total. The molecular weight excluding hydrogens is 348 g/mol. The van der Waals surface area contributed by atoms with Crippen LogP contribution in [0.5, 0.6) is 0 Å². The van der Waals surface area contributed by atoms with E-state index >= 15 is 0 Å². The monoisotopic (exact) mass is 372 g/mol. The maximum Gasteiger partial charge on any atom is 0.310 e. The van der Waals surface area contributed by atoms with E-state index in [0.717, 1.165) is 28.5 Å². The summed E-state index contributed by atoms with van der Waals surface area (Å²) in [5, 5.41) is 0.879. The van der Waals surface area contributed by atoms with Crippen LogP contribution in [0.3, 0.4) is 0 Å². The molecule has 2 aromatic rings. The molecule has 0 radical (unpaired) electrons. The van der Waals surface area contributed by atoms with Crippen molar-refractivity contribution in [1.29, 1.82) is 0 Å². The van der Waals surface area contributed by atoms with Crippen LogP contribution in [0.15, 0.2) is 28.9 Å². The average Bonchev–Trinajstić information content (AvgIpc) is 3.08. The Balaban J connectivity index is 1.50. The van der Waals surface area contributed by atoms with Gasteiger partial charge in [-0.05, 0) is 30.9 Å². The molecular formula is C20H24N2O5. The molecule has 0 saturated carbocycles. The van der Waals surface area contributed by atoms with E-state index < -0.39 is 5.97 Å². The molecule has 1 aromatic carbocycles. The molecule has 0 atom stereocenters. The summed E-state index contributed by atoms with van der Waals surface area (Å²) >= 11 is 0. The summed E-state index contributed by atoms with van der Waals surface area (Å²) in [5.41, 5.74) is 7.94. The molecule has 0 unspecified atom stereocenters. The summed E-state index contributed by atoms with van der Waals surface area (Å²) < 4.78 is 10.7. The fraction of sp³-hybridized carbons (Fsp3) is 0.450. The number of fused-ring (bicyclic) bond motifs is 1. The van der Waals surface area contributed by atoms with Crippen molar-refractivity contribution in [3.63, 3.8) is 0 Å². The van der Waals surface area contributed by atoms with E-state index in [4.69, 9.17) is 14.9 Å². The van der Waals surface area contributed by atoms with Crippen molar-refractivity contribution in [3.8, 4) is 0 Å². The molecule has 1 aromatic heterocycles. The summed E-state index contributed by atoms with van der Waals surface area (Å²) in [5.74, 6) is -1.24. The zero-order valence-electron chi connectivity index (χ0n) is 15.4. The summed E-state index contributed by atoms with van der Waals surface area (Å²) in [4.78, 5) is 37.1. The molecule has 7 heteroatoms. The molecule has 27 heavy (non-hydrogen) atoms. The Bertz CT molecular complexity index is 849. The molecule has 144 valence electrons. The first-order valence-electron chi connectivity index (χ1n) is 9.19. The highest BCUT2D eigenvalue weighted by atomic mass is 16.5. The van der Waals surface area contributed by atoms with Gasteiger partial charge in [-0.2, -0.15) is 0 Å². The minimum Gasteiger partial charge on any atom is -0.464 e. The molecule has 1 fully saturated rings. The quantitative estimate of drug-likeness (QED) is 0.779. The van der Waals surface area contributed by atoms with Gasteiger partial charge in [0, 0.05) is 30.0 Å². The van der Waals surface area contributed by atoms with Gasteiger partial charge in [0.15, 0.2) is 6.61 Å². The van der Waals surface area contributed by atoms with Crippen molar-refractivity contribution in [1.82, 2.24) is 4.90 Å².